The Balaban J connectivity index is 2.05. The summed E-state index contributed by atoms with van der Waals surface area (Å²) in [4.78, 5) is 0.714. The Morgan fingerprint density at radius 3 is 2.89 bits per heavy atom. The van der Waals surface area contributed by atoms with Gasteiger partial charge in [0.15, 0.2) is 0 Å². The molecule has 0 spiro atoms. The summed E-state index contributed by atoms with van der Waals surface area (Å²) in [6.45, 7) is 4.76. The Bertz CT molecular complexity index is 411. The minimum absolute atomic E-state index is 0.0613. The van der Waals surface area contributed by atoms with Gasteiger partial charge in [-0.25, -0.2) is 4.39 Å². The van der Waals surface area contributed by atoms with E-state index in [1.807, 2.05) is 26.0 Å². The highest BCUT2D eigenvalue weighted by molar-refractivity contribution is 8.00. The first-order chi connectivity index (χ1) is 8.56. The molecule has 100 valence electrons. The van der Waals surface area contributed by atoms with Gasteiger partial charge in [0.25, 0.3) is 0 Å². The van der Waals surface area contributed by atoms with E-state index < -0.39 is 0 Å². The second-order valence-electron chi connectivity index (χ2n) is 4.97. The molecule has 0 aromatic heterocycles. The summed E-state index contributed by atoms with van der Waals surface area (Å²) >= 11 is 1.58. The van der Waals surface area contributed by atoms with Crippen LogP contribution in [0.2, 0.25) is 0 Å². The largest absolute Gasteiger partial charge is 0.377 e. The number of thioether (sulfide) groups is 1. The highest BCUT2D eigenvalue weighted by Crippen LogP contribution is 2.34. The number of halogens is 1. The fraction of sp³-hybridized carbons (Fsp3) is 0.571. The molecule has 4 heteroatoms. The van der Waals surface area contributed by atoms with Crippen LogP contribution >= 0.6 is 11.8 Å². The minimum Gasteiger partial charge on any atom is -0.377 e. The van der Waals surface area contributed by atoms with Crippen LogP contribution in [0.1, 0.15) is 25.8 Å². The van der Waals surface area contributed by atoms with Crippen LogP contribution < -0.4 is 5.73 Å². The molecule has 3 unspecified atom stereocenters. The molecule has 1 aromatic rings. The maximum Gasteiger partial charge on any atom is 0.137 e. The lowest BCUT2D eigenvalue weighted by Crippen LogP contribution is -2.18. The Kier molecular flexibility index (Phi) is 4.65. The third kappa shape index (κ3) is 3.46. The van der Waals surface area contributed by atoms with Gasteiger partial charge in [-0.15, -0.1) is 11.8 Å². The lowest BCUT2D eigenvalue weighted by molar-refractivity contribution is 0.127. The van der Waals surface area contributed by atoms with Gasteiger partial charge < -0.3 is 10.5 Å². The highest BCUT2D eigenvalue weighted by Gasteiger charge is 2.26. The predicted molar refractivity (Wildman–Crippen MR) is 73.4 cm³/mol. The molecule has 1 aromatic carbocycles. The molecule has 1 fully saturated rings. The molecule has 0 saturated carbocycles. The average Bonchev–Trinajstić information content (AvgIpc) is 2.67. The van der Waals surface area contributed by atoms with E-state index >= 15 is 0 Å². The van der Waals surface area contributed by atoms with Gasteiger partial charge in [0.2, 0.25) is 0 Å². The maximum atomic E-state index is 14.0. The summed E-state index contributed by atoms with van der Waals surface area (Å²) in [7, 11) is 0. The Morgan fingerprint density at radius 1 is 1.56 bits per heavy atom. The first kappa shape index (κ1) is 13.8. The molecule has 0 radical (unpaired) electrons. The van der Waals surface area contributed by atoms with Crippen molar-refractivity contribution in [3.8, 4) is 0 Å². The van der Waals surface area contributed by atoms with Gasteiger partial charge in [-0.3, -0.25) is 0 Å². The zero-order valence-electron chi connectivity index (χ0n) is 10.9. The van der Waals surface area contributed by atoms with Crippen LogP contribution in [-0.4, -0.2) is 24.0 Å². The van der Waals surface area contributed by atoms with E-state index in [4.69, 9.17) is 10.5 Å². The molecule has 0 aliphatic carbocycles. The summed E-state index contributed by atoms with van der Waals surface area (Å²) in [5.41, 5.74) is 6.68. The molecule has 18 heavy (non-hydrogen) atoms. The Morgan fingerprint density at radius 2 is 2.33 bits per heavy atom. The van der Waals surface area contributed by atoms with Crippen molar-refractivity contribution in [1.29, 1.82) is 0 Å². The van der Waals surface area contributed by atoms with Crippen LogP contribution in [0.5, 0.6) is 0 Å². The van der Waals surface area contributed by atoms with Gasteiger partial charge in [0, 0.05) is 22.8 Å². The normalized spacial score (nSPS) is 25.3. The fourth-order valence-corrected chi connectivity index (χ4v) is 3.30. The van der Waals surface area contributed by atoms with Gasteiger partial charge in [-0.1, -0.05) is 6.07 Å². The number of benzene rings is 1. The molecule has 2 N–H and O–H groups in total. The lowest BCUT2D eigenvalue weighted by atomic mass is 10.1. The van der Waals surface area contributed by atoms with E-state index in [-0.39, 0.29) is 18.0 Å². The van der Waals surface area contributed by atoms with Crippen LogP contribution in [0.3, 0.4) is 0 Å². The molecule has 2 nitrogen and oxygen atoms in total. The van der Waals surface area contributed by atoms with Crippen LogP contribution in [0.25, 0.3) is 0 Å². The van der Waals surface area contributed by atoms with Crippen molar-refractivity contribution in [2.24, 2.45) is 5.73 Å². The smallest absolute Gasteiger partial charge is 0.137 e. The van der Waals surface area contributed by atoms with E-state index in [0.717, 1.165) is 18.6 Å². The Hall–Kier alpha value is -0.580. The zero-order valence-corrected chi connectivity index (χ0v) is 11.7. The molecule has 0 bridgehead atoms. The highest BCUT2D eigenvalue weighted by atomic mass is 32.2. The van der Waals surface area contributed by atoms with Gasteiger partial charge >= 0.3 is 0 Å². The molecule has 2 rings (SSSR count). The van der Waals surface area contributed by atoms with E-state index in [1.165, 1.54) is 0 Å². The Labute approximate surface area is 112 Å². The molecule has 1 aliphatic rings. The summed E-state index contributed by atoms with van der Waals surface area (Å²) in [5.74, 6) is -0.141. The van der Waals surface area contributed by atoms with Crippen LogP contribution in [-0.2, 0) is 11.2 Å². The van der Waals surface area contributed by atoms with Gasteiger partial charge in [-0.2, -0.15) is 0 Å². The minimum atomic E-state index is -0.141. The molecular formula is C14H20FNOS. The fourth-order valence-electron chi connectivity index (χ4n) is 2.17. The summed E-state index contributed by atoms with van der Waals surface area (Å²) < 4.78 is 19.5. The van der Waals surface area contributed by atoms with Gasteiger partial charge in [-0.05, 0) is 44.4 Å². The quantitative estimate of drug-likeness (QED) is 0.912. The summed E-state index contributed by atoms with van der Waals surface area (Å²) in [6, 6.07) is 5.50. The van der Waals surface area contributed by atoms with Crippen molar-refractivity contribution < 1.29 is 9.13 Å². The van der Waals surface area contributed by atoms with E-state index in [0.29, 0.717) is 16.6 Å². The monoisotopic (exact) mass is 269 g/mol. The molecule has 0 amide bonds. The van der Waals surface area contributed by atoms with Crippen molar-refractivity contribution in [3.63, 3.8) is 0 Å². The zero-order chi connectivity index (χ0) is 13.1. The molecule has 1 saturated heterocycles. The topological polar surface area (TPSA) is 35.2 Å². The second kappa shape index (κ2) is 6.04. The van der Waals surface area contributed by atoms with Crippen molar-refractivity contribution in [2.45, 2.75) is 49.0 Å². The first-order valence-electron chi connectivity index (χ1n) is 6.38. The third-order valence-corrected chi connectivity index (χ3v) is 4.65. The number of ether oxygens (including phenoxy) is 1. The number of hydrogen-bond acceptors (Lipinski definition) is 3. The van der Waals surface area contributed by atoms with E-state index in [9.17, 15) is 4.39 Å². The second-order valence-corrected chi connectivity index (χ2v) is 6.25. The lowest BCUT2D eigenvalue weighted by Gasteiger charge is -2.14. The van der Waals surface area contributed by atoms with E-state index in [1.54, 1.807) is 17.8 Å². The van der Waals surface area contributed by atoms with Crippen LogP contribution in [0.15, 0.2) is 23.1 Å². The number of hydrogen-bond donors (Lipinski definition) is 1. The standard InChI is InChI=1S/C14H20FNOS/c1-9(16)7-11-3-4-14(12(15)8-11)18-13-5-6-17-10(13)2/h3-4,8-10,13H,5-7,16H2,1-2H3. The first-order valence-corrected chi connectivity index (χ1v) is 7.26. The van der Waals surface area contributed by atoms with Crippen molar-refractivity contribution >= 4 is 11.8 Å². The van der Waals surface area contributed by atoms with Crippen LogP contribution in [0.4, 0.5) is 4.39 Å². The van der Waals surface area contributed by atoms with Crippen molar-refractivity contribution in [1.82, 2.24) is 0 Å². The van der Waals surface area contributed by atoms with E-state index in [2.05, 4.69) is 0 Å². The van der Waals surface area contributed by atoms with Crippen molar-refractivity contribution in [2.75, 3.05) is 6.61 Å². The molecule has 3 atom stereocenters. The third-order valence-electron chi connectivity index (χ3n) is 3.14. The van der Waals surface area contributed by atoms with Crippen molar-refractivity contribution in [3.05, 3.63) is 29.6 Å². The molecule has 1 heterocycles. The SMILES string of the molecule is CC(N)Cc1ccc(SC2CCOC2C)c(F)c1. The average molecular weight is 269 g/mol. The predicted octanol–water partition coefficient (Wildman–Crippen LogP) is 2.98. The van der Waals surface area contributed by atoms with Gasteiger partial charge in [0.05, 0.1) is 6.10 Å². The van der Waals surface area contributed by atoms with Gasteiger partial charge in [0.1, 0.15) is 5.82 Å². The summed E-state index contributed by atoms with van der Waals surface area (Å²) in [5, 5.41) is 0.360. The maximum absolute atomic E-state index is 14.0. The molecule has 1 aliphatic heterocycles. The molecular weight excluding hydrogens is 249 g/mol. The number of rotatable bonds is 4. The summed E-state index contributed by atoms with van der Waals surface area (Å²) in [6.07, 6.45) is 1.91. The number of nitrogens with two attached hydrogens (primary N) is 1. The van der Waals surface area contributed by atoms with Crippen LogP contribution in [0, 0.1) is 5.82 Å².